The largest absolute Gasteiger partial charge is 0.366 e. The van der Waals surface area contributed by atoms with Gasteiger partial charge in [0.2, 0.25) is 10.0 Å². The van der Waals surface area contributed by atoms with E-state index in [0.717, 1.165) is 25.0 Å². The molecule has 0 radical (unpaired) electrons. The third kappa shape index (κ3) is 4.59. The molecule has 2 heterocycles. The van der Waals surface area contributed by atoms with Crippen molar-refractivity contribution in [2.75, 3.05) is 21.1 Å². The van der Waals surface area contributed by atoms with Crippen LogP contribution in [0.25, 0.3) is 10.2 Å². The number of nitrogens with zero attached hydrogens (tertiary/aromatic N) is 2. The molecule has 1 aliphatic rings. The quantitative estimate of drug-likeness (QED) is 0.462. The maximum Gasteiger partial charge on any atom is 0.258 e. The fourth-order valence-electron chi connectivity index (χ4n) is 2.95. The first kappa shape index (κ1) is 21.4. The molecule has 0 spiro atoms. The van der Waals surface area contributed by atoms with E-state index < -0.39 is 38.9 Å². The Labute approximate surface area is 181 Å². The van der Waals surface area contributed by atoms with Gasteiger partial charge in [0.15, 0.2) is 5.82 Å². The second kappa shape index (κ2) is 8.35. The monoisotopic (exact) mass is 467 g/mol. The molecule has 1 aromatic carbocycles. The Balaban J connectivity index is 1.62. The highest BCUT2D eigenvalue weighted by atomic mass is 32.2. The zero-order chi connectivity index (χ0) is 22.2. The van der Waals surface area contributed by atoms with Crippen LogP contribution in [0.4, 0.5) is 26.0 Å². The summed E-state index contributed by atoms with van der Waals surface area (Å²) in [4.78, 5) is 21.1. The first-order valence-electron chi connectivity index (χ1n) is 9.57. The second-order valence-electron chi connectivity index (χ2n) is 7.13. The smallest absolute Gasteiger partial charge is 0.258 e. The summed E-state index contributed by atoms with van der Waals surface area (Å²) in [5.41, 5.74) is -0.691. The Morgan fingerprint density at radius 2 is 2.03 bits per heavy atom. The third-order valence-corrected chi connectivity index (χ3v) is 7.04. The van der Waals surface area contributed by atoms with Crippen LogP contribution in [0.3, 0.4) is 0 Å². The fraction of sp³-hybridized carbons (Fsp3) is 0.316. The SMILES string of the molecule is CCCS(=O)(=O)Nc1ccc(F)c(NC(=O)c2csc3c(NC4CC4)ncnc23)c1F. The Morgan fingerprint density at radius 1 is 1.26 bits per heavy atom. The lowest BCUT2D eigenvalue weighted by Crippen LogP contribution is -2.19. The highest BCUT2D eigenvalue weighted by Crippen LogP contribution is 2.33. The number of nitrogens with one attached hydrogen (secondary N) is 3. The van der Waals surface area contributed by atoms with Crippen molar-refractivity contribution < 1.29 is 22.0 Å². The predicted octanol–water partition coefficient (Wildman–Crippen LogP) is 3.95. The van der Waals surface area contributed by atoms with E-state index in [-0.39, 0.29) is 11.3 Å². The number of fused-ring (bicyclic) bond motifs is 1. The van der Waals surface area contributed by atoms with Gasteiger partial charge in [-0.25, -0.2) is 27.2 Å². The molecule has 0 atom stereocenters. The van der Waals surface area contributed by atoms with E-state index in [2.05, 4.69) is 25.3 Å². The normalized spacial score (nSPS) is 13.9. The van der Waals surface area contributed by atoms with Crippen molar-refractivity contribution >= 4 is 54.7 Å². The summed E-state index contributed by atoms with van der Waals surface area (Å²) in [6.45, 7) is 1.66. The van der Waals surface area contributed by atoms with E-state index in [1.807, 2.05) is 0 Å². The molecule has 0 saturated heterocycles. The molecule has 8 nitrogen and oxygen atoms in total. The van der Waals surface area contributed by atoms with E-state index >= 15 is 0 Å². The molecule has 4 rings (SSSR count). The van der Waals surface area contributed by atoms with Crippen molar-refractivity contribution in [3.05, 3.63) is 41.0 Å². The maximum atomic E-state index is 14.8. The summed E-state index contributed by atoms with van der Waals surface area (Å²) in [5, 5.41) is 7.00. The van der Waals surface area contributed by atoms with Gasteiger partial charge in [0.1, 0.15) is 23.6 Å². The van der Waals surface area contributed by atoms with Crippen LogP contribution in [0.5, 0.6) is 0 Å². The second-order valence-corrected chi connectivity index (χ2v) is 9.85. The maximum absolute atomic E-state index is 14.8. The number of thiophene rings is 1. The van der Waals surface area contributed by atoms with E-state index in [1.165, 1.54) is 23.0 Å². The van der Waals surface area contributed by atoms with Crippen molar-refractivity contribution in [3.63, 3.8) is 0 Å². The molecule has 31 heavy (non-hydrogen) atoms. The minimum absolute atomic E-state index is 0.136. The summed E-state index contributed by atoms with van der Waals surface area (Å²) < 4.78 is 55.7. The van der Waals surface area contributed by atoms with Crippen LogP contribution in [0.1, 0.15) is 36.5 Å². The van der Waals surface area contributed by atoms with Gasteiger partial charge in [0.25, 0.3) is 5.91 Å². The zero-order valence-electron chi connectivity index (χ0n) is 16.4. The molecule has 2 aromatic heterocycles. The number of hydrogen-bond acceptors (Lipinski definition) is 7. The van der Waals surface area contributed by atoms with Gasteiger partial charge in [-0.15, -0.1) is 11.3 Å². The summed E-state index contributed by atoms with van der Waals surface area (Å²) >= 11 is 1.25. The molecule has 1 saturated carbocycles. The molecule has 1 fully saturated rings. The Morgan fingerprint density at radius 3 is 2.74 bits per heavy atom. The molecule has 0 unspecified atom stereocenters. The van der Waals surface area contributed by atoms with Crippen LogP contribution in [-0.4, -0.2) is 36.1 Å². The first-order chi connectivity index (χ1) is 14.8. The van der Waals surface area contributed by atoms with Gasteiger partial charge in [-0.2, -0.15) is 0 Å². The summed E-state index contributed by atoms with van der Waals surface area (Å²) in [5.74, 6) is -2.62. The number of amides is 1. The van der Waals surface area contributed by atoms with Crippen LogP contribution in [-0.2, 0) is 10.0 Å². The Bertz CT molecular complexity index is 1260. The molecular weight excluding hydrogens is 448 g/mol. The third-order valence-electron chi connectivity index (χ3n) is 4.58. The van der Waals surface area contributed by atoms with E-state index in [0.29, 0.717) is 28.5 Å². The van der Waals surface area contributed by atoms with Crippen LogP contribution >= 0.6 is 11.3 Å². The molecule has 1 aliphatic carbocycles. The molecule has 0 aliphatic heterocycles. The number of hydrogen-bond donors (Lipinski definition) is 3. The number of benzene rings is 1. The van der Waals surface area contributed by atoms with Crippen LogP contribution in [0.15, 0.2) is 23.8 Å². The summed E-state index contributed by atoms with van der Waals surface area (Å²) in [7, 11) is -3.79. The highest BCUT2D eigenvalue weighted by molar-refractivity contribution is 7.92. The zero-order valence-corrected chi connectivity index (χ0v) is 18.0. The van der Waals surface area contributed by atoms with E-state index in [1.54, 1.807) is 6.92 Å². The number of rotatable bonds is 8. The van der Waals surface area contributed by atoms with Gasteiger partial charge >= 0.3 is 0 Å². The van der Waals surface area contributed by atoms with Gasteiger partial charge < -0.3 is 10.6 Å². The summed E-state index contributed by atoms with van der Waals surface area (Å²) in [6.07, 6.45) is 3.73. The lowest BCUT2D eigenvalue weighted by Gasteiger charge is -2.12. The van der Waals surface area contributed by atoms with E-state index in [4.69, 9.17) is 0 Å². The minimum Gasteiger partial charge on any atom is -0.366 e. The Hall–Kier alpha value is -2.86. The number of aromatic nitrogens is 2. The number of carbonyl (C=O) groups excluding carboxylic acids is 1. The highest BCUT2D eigenvalue weighted by Gasteiger charge is 2.25. The number of carbonyl (C=O) groups is 1. The molecule has 3 aromatic rings. The number of halogens is 2. The number of sulfonamides is 1. The topological polar surface area (TPSA) is 113 Å². The molecule has 0 bridgehead atoms. The average Bonchev–Trinajstić information content (AvgIpc) is 3.42. The van der Waals surface area contributed by atoms with Crippen LogP contribution < -0.4 is 15.4 Å². The Kier molecular flexibility index (Phi) is 5.75. The van der Waals surface area contributed by atoms with Crippen molar-refractivity contribution in [2.24, 2.45) is 0 Å². The summed E-state index contributed by atoms with van der Waals surface area (Å²) in [6, 6.07) is 2.20. The average molecular weight is 468 g/mol. The van der Waals surface area contributed by atoms with Crippen molar-refractivity contribution in [2.45, 2.75) is 32.2 Å². The number of anilines is 3. The van der Waals surface area contributed by atoms with Gasteiger partial charge in [0, 0.05) is 11.4 Å². The van der Waals surface area contributed by atoms with Crippen molar-refractivity contribution in [3.8, 4) is 0 Å². The van der Waals surface area contributed by atoms with Gasteiger partial charge in [0.05, 0.1) is 27.2 Å². The molecule has 164 valence electrons. The molecule has 3 N–H and O–H groups in total. The van der Waals surface area contributed by atoms with Crippen molar-refractivity contribution in [1.82, 2.24) is 9.97 Å². The first-order valence-corrected chi connectivity index (χ1v) is 12.1. The molecular formula is C19H19F2N5O3S2. The van der Waals surface area contributed by atoms with Gasteiger partial charge in [-0.05, 0) is 31.4 Å². The minimum atomic E-state index is -3.79. The van der Waals surface area contributed by atoms with Crippen molar-refractivity contribution in [1.29, 1.82) is 0 Å². The van der Waals surface area contributed by atoms with Gasteiger partial charge in [-0.1, -0.05) is 6.92 Å². The van der Waals surface area contributed by atoms with Gasteiger partial charge in [-0.3, -0.25) is 9.52 Å². The fourth-order valence-corrected chi connectivity index (χ4v) is 5.03. The standard InChI is InChI=1S/C19H19F2N5O3S2/c1-2-7-31(28,29)26-13-6-5-12(20)16(14(13)21)25-19(27)11-8-30-17-15(11)22-9-23-18(17)24-10-3-4-10/h5-6,8-10,26H,2-4,7H2,1H3,(H,25,27)(H,22,23,24). The molecule has 12 heteroatoms. The van der Waals surface area contributed by atoms with Crippen LogP contribution in [0.2, 0.25) is 0 Å². The predicted molar refractivity (Wildman–Crippen MR) is 116 cm³/mol. The lowest BCUT2D eigenvalue weighted by molar-refractivity contribution is 0.102. The molecule has 1 amide bonds. The van der Waals surface area contributed by atoms with E-state index in [9.17, 15) is 22.0 Å². The lowest BCUT2D eigenvalue weighted by atomic mass is 10.2. The van der Waals surface area contributed by atoms with Crippen LogP contribution in [0, 0.1) is 11.6 Å².